The Bertz CT molecular complexity index is 214. The standard InChI is InChI=1S/C12H26N4O2/c1-2-18-12(17)11-16-9-4-3-5-14-15-7-6-13-8-10-16/h13-15H,2-11H2,1H3. The third-order valence-corrected chi connectivity index (χ3v) is 2.84. The van der Waals surface area contributed by atoms with Crippen LogP contribution >= 0.6 is 0 Å². The van der Waals surface area contributed by atoms with Crippen LogP contribution in [0.1, 0.15) is 19.8 Å². The number of hydrazine groups is 1. The van der Waals surface area contributed by atoms with E-state index in [0.717, 1.165) is 52.1 Å². The normalized spacial score (nSPS) is 20.7. The van der Waals surface area contributed by atoms with E-state index in [0.29, 0.717) is 13.2 Å². The summed E-state index contributed by atoms with van der Waals surface area (Å²) in [5.41, 5.74) is 6.34. The van der Waals surface area contributed by atoms with E-state index < -0.39 is 0 Å². The Hall–Kier alpha value is -0.690. The Morgan fingerprint density at radius 2 is 1.94 bits per heavy atom. The zero-order chi connectivity index (χ0) is 13.1. The monoisotopic (exact) mass is 258 g/mol. The van der Waals surface area contributed by atoms with Crippen molar-refractivity contribution in [1.29, 1.82) is 0 Å². The molecule has 0 unspecified atom stereocenters. The number of nitrogens with zero attached hydrogens (tertiary/aromatic N) is 1. The van der Waals surface area contributed by atoms with Crippen LogP contribution in [0.5, 0.6) is 0 Å². The highest BCUT2D eigenvalue weighted by atomic mass is 16.5. The second kappa shape index (κ2) is 10.3. The quantitative estimate of drug-likeness (QED) is 0.584. The van der Waals surface area contributed by atoms with E-state index >= 15 is 0 Å². The fraction of sp³-hybridized carbons (Fsp3) is 0.917. The van der Waals surface area contributed by atoms with Gasteiger partial charge in [0.05, 0.1) is 13.2 Å². The topological polar surface area (TPSA) is 65.6 Å². The summed E-state index contributed by atoms with van der Waals surface area (Å²) in [5, 5.41) is 3.34. The van der Waals surface area contributed by atoms with Gasteiger partial charge in [0.15, 0.2) is 0 Å². The molecule has 0 bridgehead atoms. The molecule has 6 nitrogen and oxygen atoms in total. The van der Waals surface area contributed by atoms with Gasteiger partial charge in [-0.05, 0) is 26.3 Å². The summed E-state index contributed by atoms with van der Waals surface area (Å²) >= 11 is 0. The lowest BCUT2D eigenvalue weighted by Gasteiger charge is -2.22. The van der Waals surface area contributed by atoms with Gasteiger partial charge in [-0.2, -0.15) is 0 Å². The average molecular weight is 258 g/mol. The molecule has 1 aliphatic heterocycles. The number of hydrogen-bond donors (Lipinski definition) is 3. The maximum absolute atomic E-state index is 11.5. The summed E-state index contributed by atoms with van der Waals surface area (Å²) in [6.07, 6.45) is 2.20. The minimum Gasteiger partial charge on any atom is -0.465 e. The summed E-state index contributed by atoms with van der Waals surface area (Å²) < 4.78 is 4.99. The first-order valence-corrected chi connectivity index (χ1v) is 6.87. The maximum atomic E-state index is 11.5. The molecule has 0 spiro atoms. The Morgan fingerprint density at radius 3 is 2.78 bits per heavy atom. The molecular formula is C12H26N4O2. The molecule has 0 aliphatic carbocycles. The lowest BCUT2D eigenvalue weighted by molar-refractivity contribution is -0.144. The molecule has 1 rings (SSSR count). The van der Waals surface area contributed by atoms with Gasteiger partial charge < -0.3 is 10.1 Å². The number of carbonyl (C=O) groups excluding carboxylic acids is 1. The van der Waals surface area contributed by atoms with Crippen LogP contribution in [0.3, 0.4) is 0 Å². The fourth-order valence-corrected chi connectivity index (χ4v) is 1.90. The zero-order valence-corrected chi connectivity index (χ0v) is 11.3. The van der Waals surface area contributed by atoms with Gasteiger partial charge in [-0.1, -0.05) is 0 Å². The Kier molecular flexibility index (Phi) is 8.75. The third kappa shape index (κ3) is 7.60. The highest BCUT2D eigenvalue weighted by Gasteiger charge is 2.11. The van der Waals surface area contributed by atoms with Crippen molar-refractivity contribution in [3.05, 3.63) is 0 Å². The van der Waals surface area contributed by atoms with Crippen LogP contribution in [0.2, 0.25) is 0 Å². The van der Waals surface area contributed by atoms with E-state index in [9.17, 15) is 4.79 Å². The zero-order valence-electron chi connectivity index (χ0n) is 11.3. The minimum absolute atomic E-state index is 0.121. The van der Waals surface area contributed by atoms with Crippen molar-refractivity contribution in [1.82, 2.24) is 21.1 Å². The second-order valence-corrected chi connectivity index (χ2v) is 4.39. The van der Waals surface area contributed by atoms with Crippen molar-refractivity contribution in [2.75, 3.05) is 52.4 Å². The first-order chi connectivity index (χ1) is 8.83. The van der Waals surface area contributed by atoms with Crippen molar-refractivity contribution in [2.24, 2.45) is 0 Å². The van der Waals surface area contributed by atoms with Crippen LogP contribution in [0, 0.1) is 0 Å². The molecule has 0 amide bonds. The number of ether oxygens (including phenoxy) is 1. The number of carbonyl (C=O) groups is 1. The van der Waals surface area contributed by atoms with Gasteiger partial charge in [-0.15, -0.1) is 0 Å². The van der Waals surface area contributed by atoms with E-state index in [-0.39, 0.29) is 5.97 Å². The van der Waals surface area contributed by atoms with Gasteiger partial charge in [0.2, 0.25) is 0 Å². The molecular weight excluding hydrogens is 232 g/mol. The predicted molar refractivity (Wildman–Crippen MR) is 71.2 cm³/mol. The molecule has 6 heteroatoms. The van der Waals surface area contributed by atoms with Gasteiger partial charge in [-0.25, -0.2) is 0 Å². The first-order valence-electron chi connectivity index (χ1n) is 6.87. The van der Waals surface area contributed by atoms with E-state index in [4.69, 9.17) is 4.74 Å². The lowest BCUT2D eigenvalue weighted by atomic mass is 10.3. The van der Waals surface area contributed by atoms with Crippen LogP contribution in [-0.4, -0.2) is 63.3 Å². The molecule has 1 saturated heterocycles. The second-order valence-electron chi connectivity index (χ2n) is 4.39. The van der Waals surface area contributed by atoms with Gasteiger partial charge in [-0.3, -0.25) is 20.5 Å². The molecule has 18 heavy (non-hydrogen) atoms. The third-order valence-electron chi connectivity index (χ3n) is 2.84. The van der Waals surface area contributed by atoms with Gasteiger partial charge in [0, 0.05) is 32.7 Å². The number of hydrogen-bond acceptors (Lipinski definition) is 6. The van der Waals surface area contributed by atoms with Crippen molar-refractivity contribution in [2.45, 2.75) is 19.8 Å². The summed E-state index contributed by atoms with van der Waals surface area (Å²) in [7, 11) is 0. The van der Waals surface area contributed by atoms with Crippen molar-refractivity contribution in [3.8, 4) is 0 Å². The molecule has 1 aliphatic rings. The Balaban J connectivity index is 2.29. The van der Waals surface area contributed by atoms with Crippen LogP contribution in [0.25, 0.3) is 0 Å². The summed E-state index contributed by atoms with van der Waals surface area (Å²) in [5.74, 6) is -0.121. The molecule has 0 atom stereocenters. The van der Waals surface area contributed by atoms with Crippen LogP contribution in [0.4, 0.5) is 0 Å². The smallest absolute Gasteiger partial charge is 0.320 e. The lowest BCUT2D eigenvalue weighted by Crippen LogP contribution is -2.42. The molecule has 0 saturated carbocycles. The molecule has 0 aromatic heterocycles. The molecule has 0 radical (unpaired) electrons. The molecule has 1 heterocycles. The van der Waals surface area contributed by atoms with Crippen LogP contribution in [0.15, 0.2) is 0 Å². The van der Waals surface area contributed by atoms with E-state index in [1.54, 1.807) is 0 Å². The van der Waals surface area contributed by atoms with Crippen molar-refractivity contribution in [3.63, 3.8) is 0 Å². The highest BCUT2D eigenvalue weighted by Crippen LogP contribution is 1.96. The highest BCUT2D eigenvalue weighted by molar-refractivity contribution is 5.71. The Labute approximate surface area is 109 Å². The summed E-state index contributed by atoms with van der Waals surface area (Å²) in [6, 6.07) is 0. The molecule has 3 N–H and O–H groups in total. The fourth-order valence-electron chi connectivity index (χ4n) is 1.90. The van der Waals surface area contributed by atoms with Crippen molar-refractivity contribution >= 4 is 5.97 Å². The van der Waals surface area contributed by atoms with Gasteiger partial charge in [0.1, 0.15) is 0 Å². The van der Waals surface area contributed by atoms with Crippen molar-refractivity contribution < 1.29 is 9.53 Å². The average Bonchev–Trinajstić information content (AvgIpc) is 2.33. The number of rotatable bonds is 3. The minimum atomic E-state index is -0.121. The molecule has 106 valence electrons. The van der Waals surface area contributed by atoms with Gasteiger partial charge >= 0.3 is 5.97 Å². The van der Waals surface area contributed by atoms with E-state index in [2.05, 4.69) is 21.1 Å². The summed E-state index contributed by atoms with van der Waals surface area (Å²) in [4.78, 5) is 13.6. The Morgan fingerprint density at radius 1 is 1.11 bits per heavy atom. The summed E-state index contributed by atoms with van der Waals surface area (Å²) in [6.45, 7) is 8.26. The van der Waals surface area contributed by atoms with E-state index in [1.165, 1.54) is 0 Å². The van der Waals surface area contributed by atoms with Gasteiger partial charge in [0.25, 0.3) is 0 Å². The van der Waals surface area contributed by atoms with E-state index in [1.807, 2.05) is 6.92 Å². The maximum Gasteiger partial charge on any atom is 0.320 e. The predicted octanol–water partition coefficient (Wildman–Crippen LogP) is -0.671. The molecule has 0 aromatic rings. The molecule has 0 aromatic carbocycles. The largest absolute Gasteiger partial charge is 0.465 e. The SMILES string of the molecule is CCOC(=O)CN1CCCCNNCCNCC1. The van der Waals surface area contributed by atoms with Crippen LogP contribution in [-0.2, 0) is 9.53 Å². The number of esters is 1. The number of nitrogens with one attached hydrogen (secondary N) is 3. The first kappa shape index (κ1) is 15.4. The van der Waals surface area contributed by atoms with Crippen LogP contribution < -0.4 is 16.2 Å². The molecule has 1 fully saturated rings.